The molecule has 1 aliphatic carbocycles. The normalized spacial score (nSPS) is 13.3. The zero-order chi connectivity index (χ0) is 30.1. The second kappa shape index (κ2) is 9.74. The third kappa shape index (κ3) is 4.05. The quantitative estimate of drug-likeness (QED) is 0.151. The molecule has 0 saturated heterocycles. The Balaban J connectivity index is 1.15. The molecule has 0 unspecified atom stereocenters. The van der Waals surface area contributed by atoms with Gasteiger partial charge in [0.15, 0.2) is 0 Å². The van der Waals surface area contributed by atoms with E-state index < -0.39 is 0 Å². The van der Waals surface area contributed by atoms with E-state index in [9.17, 15) is 0 Å². The van der Waals surface area contributed by atoms with E-state index in [2.05, 4.69) is 166 Å². The lowest BCUT2D eigenvalue weighted by molar-refractivity contribution is 0.660. The summed E-state index contributed by atoms with van der Waals surface area (Å²) in [5, 5.41) is 4.84. The van der Waals surface area contributed by atoms with Crippen LogP contribution in [0.2, 0.25) is 0 Å². The van der Waals surface area contributed by atoms with Crippen LogP contribution in [0.15, 0.2) is 152 Å². The summed E-state index contributed by atoms with van der Waals surface area (Å²) in [4.78, 5) is 5.09. The van der Waals surface area contributed by atoms with Crippen LogP contribution in [0.1, 0.15) is 25.0 Å². The third-order valence-corrected chi connectivity index (χ3v) is 9.83. The average Bonchev–Trinajstić information content (AvgIpc) is 3.33. The fraction of sp³-hybridized carbons (Fsp3) is 0.0682. The Kier molecular flexibility index (Phi) is 5.61. The lowest BCUT2D eigenvalue weighted by atomic mass is 9.81. The van der Waals surface area contributed by atoms with Crippen LogP contribution in [0.3, 0.4) is 0 Å². The fourth-order valence-corrected chi connectivity index (χ4v) is 7.49. The first kappa shape index (κ1) is 25.9. The van der Waals surface area contributed by atoms with Crippen LogP contribution in [0, 0.1) is 0 Å². The number of hydrogen-bond acceptors (Lipinski definition) is 1. The molecule has 0 atom stereocenters. The maximum Gasteiger partial charge on any atom is 0.0722 e. The summed E-state index contributed by atoms with van der Waals surface area (Å²) in [5.74, 6) is 0. The van der Waals surface area contributed by atoms with Gasteiger partial charge in [0, 0.05) is 16.2 Å². The van der Waals surface area contributed by atoms with Gasteiger partial charge in [0.2, 0.25) is 0 Å². The number of fused-ring (bicyclic) bond motifs is 7. The molecule has 7 aromatic carbocycles. The second-order valence-electron chi connectivity index (χ2n) is 12.8. The van der Waals surface area contributed by atoms with Gasteiger partial charge in [-0.3, -0.25) is 0 Å². The highest BCUT2D eigenvalue weighted by Crippen LogP contribution is 2.49. The molecule has 1 aromatic heterocycles. The molecule has 212 valence electrons. The van der Waals surface area contributed by atoms with Gasteiger partial charge < -0.3 is 0 Å². The van der Waals surface area contributed by atoms with Crippen LogP contribution in [0.25, 0.3) is 77.1 Å². The molecule has 1 heteroatoms. The van der Waals surface area contributed by atoms with E-state index in [-0.39, 0.29) is 5.41 Å². The van der Waals surface area contributed by atoms with E-state index in [1.54, 1.807) is 0 Å². The number of para-hydroxylation sites is 1. The standard InChI is InChI=1S/C44H31N/c1-44(2)40-19-7-6-18-36(40)37-22-21-31(26-41(37)44)29-13-9-12-28(23-29)30-14-10-15-32(24-30)38-27-43-39(35-17-5-4-16-34(35)38)25-33-11-3-8-20-42(33)45-43/h3-27H,1-2H3. The lowest BCUT2D eigenvalue weighted by Crippen LogP contribution is -2.14. The Morgan fingerprint density at radius 2 is 1.00 bits per heavy atom. The molecule has 8 aromatic rings. The van der Waals surface area contributed by atoms with E-state index in [4.69, 9.17) is 4.98 Å². The molecule has 1 aliphatic rings. The van der Waals surface area contributed by atoms with Crippen molar-refractivity contribution < 1.29 is 0 Å². The maximum absolute atomic E-state index is 5.09. The molecular weight excluding hydrogens is 542 g/mol. The SMILES string of the molecule is CC1(C)c2ccccc2-c2ccc(-c3cccc(-c4cccc(-c5cc6nc7ccccc7cc6c6ccccc56)c4)c3)cc21. The van der Waals surface area contributed by atoms with Crippen LogP contribution in [-0.4, -0.2) is 4.98 Å². The minimum absolute atomic E-state index is 0.0162. The summed E-state index contributed by atoms with van der Waals surface area (Å²) in [6.07, 6.45) is 0. The van der Waals surface area contributed by atoms with E-state index in [1.807, 2.05) is 0 Å². The monoisotopic (exact) mass is 573 g/mol. The van der Waals surface area contributed by atoms with Crippen molar-refractivity contribution in [3.05, 3.63) is 163 Å². The topological polar surface area (TPSA) is 12.9 Å². The van der Waals surface area contributed by atoms with Crippen molar-refractivity contribution in [3.8, 4) is 44.5 Å². The molecule has 0 spiro atoms. The Hall–Kier alpha value is -5.53. The van der Waals surface area contributed by atoms with Crippen LogP contribution in [0.5, 0.6) is 0 Å². The molecular formula is C44H31N. The van der Waals surface area contributed by atoms with Gasteiger partial charge in [-0.05, 0) is 103 Å². The van der Waals surface area contributed by atoms with E-state index >= 15 is 0 Å². The van der Waals surface area contributed by atoms with Crippen molar-refractivity contribution >= 4 is 32.6 Å². The summed E-state index contributed by atoms with van der Waals surface area (Å²) in [5.41, 5.74) is 14.9. The Labute approximate surface area is 263 Å². The zero-order valence-electron chi connectivity index (χ0n) is 25.4. The highest BCUT2D eigenvalue weighted by atomic mass is 14.7. The van der Waals surface area contributed by atoms with E-state index in [1.165, 1.54) is 77.2 Å². The fourth-order valence-electron chi connectivity index (χ4n) is 7.49. The van der Waals surface area contributed by atoms with Crippen LogP contribution in [0.4, 0.5) is 0 Å². The molecule has 0 saturated carbocycles. The van der Waals surface area contributed by atoms with Gasteiger partial charge in [0.25, 0.3) is 0 Å². The molecule has 0 bridgehead atoms. The maximum atomic E-state index is 5.09. The number of benzene rings is 7. The van der Waals surface area contributed by atoms with E-state index in [0.717, 1.165) is 11.0 Å². The number of aromatic nitrogens is 1. The largest absolute Gasteiger partial charge is 0.248 e. The van der Waals surface area contributed by atoms with Crippen molar-refractivity contribution in [1.82, 2.24) is 4.98 Å². The third-order valence-electron chi connectivity index (χ3n) is 9.83. The second-order valence-corrected chi connectivity index (χ2v) is 12.8. The minimum Gasteiger partial charge on any atom is -0.248 e. The molecule has 0 amide bonds. The van der Waals surface area contributed by atoms with Gasteiger partial charge in [-0.25, -0.2) is 4.98 Å². The number of nitrogens with zero attached hydrogens (tertiary/aromatic N) is 1. The van der Waals surface area contributed by atoms with Gasteiger partial charge in [0.05, 0.1) is 11.0 Å². The summed E-state index contributed by atoms with van der Waals surface area (Å²) in [6.45, 7) is 4.69. The Bertz CT molecular complexity index is 2460. The molecule has 45 heavy (non-hydrogen) atoms. The van der Waals surface area contributed by atoms with Gasteiger partial charge in [-0.1, -0.05) is 129 Å². The first-order valence-corrected chi connectivity index (χ1v) is 15.7. The summed E-state index contributed by atoms with van der Waals surface area (Å²) in [6, 6.07) is 55.4. The van der Waals surface area contributed by atoms with Crippen LogP contribution < -0.4 is 0 Å². The summed E-state index contributed by atoms with van der Waals surface area (Å²) in [7, 11) is 0. The predicted molar refractivity (Wildman–Crippen MR) is 191 cm³/mol. The number of pyridine rings is 1. The Morgan fingerprint density at radius 1 is 0.378 bits per heavy atom. The van der Waals surface area contributed by atoms with Crippen LogP contribution in [-0.2, 0) is 5.41 Å². The number of hydrogen-bond donors (Lipinski definition) is 0. The molecule has 1 heterocycles. The summed E-state index contributed by atoms with van der Waals surface area (Å²) < 4.78 is 0. The first-order chi connectivity index (χ1) is 22.0. The minimum atomic E-state index is -0.0162. The van der Waals surface area contributed by atoms with Crippen molar-refractivity contribution in [2.24, 2.45) is 0 Å². The Morgan fingerprint density at radius 3 is 1.82 bits per heavy atom. The predicted octanol–water partition coefficient (Wildman–Crippen LogP) is 11.8. The molecule has 0 fully saturated rings. The van der Waals surface area contributed by atoms with Crippen molar-refractivity contribution in [2.45, 2.75) is 19.3 Å². The van der Waals surface area contributed by atoms with Crippen molar-refractivity contribution in [3.63, 3.8) is 0 Å². The first-order valence-electron chi connectivity index (χ1n) is 15.7. The average molecular weight is 574 g/mol. The van der Waals surface area contributed by atoms with E-state index in [0.29, 0.717) is 0 Å². The molecule has 0 aliphatic heterocycles. The number of rotatable bonds is 3. The highest BCUT2D eigenvalue weighted by molar-refractivity contribution is 6.15. The lowest BCUT2D eigenvalue weighted by Gasteiger charge is -2.22. The van der Waals surface area contributed by atoms with Crippen LogP contribution >= 0.6 is 0 Å². The van der Waals surface area contributed by atoms with Crippen molar-refractivity contribution in [2.75, 3.05) is 0 Å². The van der Waals surface area contributed by atoms with Gasteiger partial charge in [-0.15, -0.1) is 0 Å². The molecule has 1 nitrogen and oxygen atoms in total. The summed E-state index contributed by atoms with van der Waals surface area (Å²) >= 11 is 0. The van der Waals surface area contributed by atoms with Crippen molar-refractivity contribution in [1.29, 1.82) is 0 Å². The van der Waals surface area contributed by atoms with Gasteiger partial charge in [-0.2, -0.15) is 0 Å². The van der Waals surface area contributed by atoms with Gasteiger partial charge >= 0.3 is 0 Å². The molecule has 0 radical (unpaired) electrons. The molecule has 0 N–H and O–H groups in total. The smallest absolute Gasteiger partial charge is 0.0722 e. The zero-order valence-corrected chi connectivity index (χ0v) is 25.4. The molecule has 9 rings (SSSR count). The highest BCUT2D eigenvalue weighted by Gasteiger charge is 2.35. The van der Waals surface area contributed by atoms with Gasteiger partial charge in [0.1, 0.15) is 0 Å².